The van der Waals surface area contributed by atoms with E-state index >= 15 is 0 Å². The van der Waals surface area contributed by atoms with E-state index in [4.69, 9.17) is 21.5 Å². The number of benzene rings is 2. The van der Waals surface area contributed by atoms with Crippen molar-refractivity contribution in [1.82, 2.24) is 0 Å². The third-order valence-corrected chi connectivity index (χ3v) is 5.95. The van der Waals surface area contributed by atoms with Crippen LogP contribution in [-0.2, 0) is 20.6 Å². The second-order valence-corrected chi connectivity index (χ2v) is 9.41. The van der Waals surface area contributed by atoms with Crippen LogP contribution in [0.1, 0.15) is 49.1 Å². The first-order valence-corrected chi connectivity index (χ1v) is 11.7. The zero-order valence-corrected chi connectivity index (χ0v) is 17.6. The van der Waals surface area contributed by atoms with Crippen molar-refractivity contribution in [1.29, 1.82) is 0 Å². The third kappa shape index (κ3) is 6.73. The molecule has 1 aliphatic carbocycles. The first-order chi connectivity index (χ1) is 13.8. The van der Waals surface area contributed by atoms with Gasteiger partial charge in [0, 0.05) is 10.7 Å². The van der Waals surface area contributed by atoms with Gasteiger partial charge in [-0.05, 0) is 60.2 Å². The van der Waals surface area contributed by atoms with Crippen LogP contribution in [-0.4, -0.2) is 20.9 Å². The van der Waals surface area contributed by atoms with Crippen molar-refractivity contribution in [3.8, 4) is 5.75 Å². The number of carbonyl (C=O) groups excluding carboxylic acids is 1. The highest BCUT2D eigenvalue weighted by Gasteiger charge is 2.20. The molecule has 0 bridgehead atoms. The van der Waals surface area contributed by atoms with Crippen LogP contribution in [0.25, 0.3) is 0 Å². The third-order valence-electron chi connectivity index (χ3n) is 4.98. The average molecular weight is 437 g/mol. The summed E-state index contributed by atoms with van der Waals surface area (Å²) in [4.78, 5) is 12.3. The van der Waals surface area contributed by atoms with Crippen molar-refractivity contribution in [3.05, 3.63) is 58.6 Å². The molecule has 0 aliphatic heterocycles. The van der Waals surface area contributed by atoms with E-state index < -0.39 is 10.0 Å². The Kier molecular flexibility index (Phi) is 7.16. The molecule has 0 atom stereocenters. The monoisotopic (exact) mass is 436 g/mol. The molecule has 3 rings (SSSR count). The Labute approximate surface area is 176 Å². The van der Waals surface area contributed by atoms with Crippen LogP contribution >= 0.6 is 11.6 Å². The number of hydrogen-bond acceptors (Lipinski definition) is 4. The molecule has 0 spiro atoms. The van der Waals surface area contributed by atoms with Crippen LogP contribution in [0.15, 0.2) is 42.5 Å². The topological polar surface area (TPSA) is 98.5 Å². The molecular weight excluding hydrogens is 412 g/mol. The standard InChI is InChI=1S/C21H25ClN2O4S/c22-17-8-11-20(19(12-17)16-4-2-1-3-5-16)28-13-21(25)24-18-9-6-15(7-10-18)14-29(23,26)27/h6-12,16H,1-5,13-14H2,(H,24,25)(H2,23,26,27). The van der Waals surface area contributed by atoms with Crippen molar-refractivity contribution < 1.29 is 17.9 Å². The summed E-state index contributed by atoms with van der Waals surface area (Å²) in [5, 5.41) is 8.44. The van der Waals surface area contributed by atoms with Crippen LogP contribution in [0.5, 0.6) is 5.75 Å². The Morgan fingerprint density at radius 2 is 1.79 bits per heavy atom. The van der Waals surface area contributed by atoms with Gasteiger partial charge in [-0.3, -0.25) is 4.79 Å². The Morgan fingerprint density at radius 1 is 1.10 bits per heavy atom. The van der Waals surface area contributed by atoms with Crippen LogP contribution in [0.3, 0.4) is 0 Å². The molecule has 2 aromatic rings. The number of nitrogens with one attached hydrogen (secondary N) is 1. The maximum Gasteiger partial charge on any atom is 0.262 e. The zero-order chi connectivity index (χ0) is 20.9. The van der Waals surface area contributed by atoms with E-state index in [1.165, 1.54) is 19.3 Å². The first-order valence-electron chi connectivity index (χ1n) is 9.62. The number of nitrogens with two attached hydrogens (primary N) is 1. The molecule has 156 valence electrons. The molecule has 8 heteroatoms. The number of rotatable bonds is 7. The molecule has 1 aliphatic rings. The van der Waals surface area contributed by atoms with E-state index in [1.807, 2.05) is 12.1 Å². The summed E-state index contributed by atoms with van der Waals surface area (Å²) >= 11 is 6.18. The smallest absolute Gasteiger partial charge is 0.262 e. The lowest BCUT2D eigenvalue weighted by Crippen LogP contribution is -2.21. The Bertz CT molecular complexity index is 955. The van der Waals surface area contributed by atoms with Gasteiger partial charge in [0.05, 0.1) is 5.75 Å². The molecule has 1 amide bonds. The largest absolute Gasteiger partial charge is 0.483 e. The minimum absolute atomic E-state index is 0.125. The number of halogens is 1. The number of hydrogen-bond donors (Lipinski definition) is 2. The van der Waals surface area contributed by atoms with E-state index in [0.717, 1.165) is 18.4 Å². The van der Waals surface area contributed by atoms with Crippen molar-refractivity contribution in [2.24, 2.45) is 5.14 Å². The summed E-state index contributed by atoms with van der Waals surface area (Å²) in [5.41, 5.74) is 2.18. The van der Waals surface area contributed by atoms with Crippen molar-refractivity contribution in [3.63, 3.8) is 0 Å². The highest BCUT2D eigenvalue weighted by atomic mass is 35.5. The highest BCUT2D eigenvalue weighted by molar-refractivity contribution is 7.88. The van der Waals surface area contributed by atoms with Gasteiger partial charge in [0.25, 0.3) is 5.91 Å². The molecule has 0 saturated heterocycles. The molecule has 0 unspecified atom stereocenters. The second-order valence-electron chi connectivity index (χ2n) is 7.36. The van der Waals surface area contributed by atoms with Gasteiger partial charge in [-0.25, -0.2) is 13.6 Å². The summed E-state index contributed by atoms with van der Waals surface area (Å²) in [6.07, 6.45) is 5.85. The number of primary sulfonamides is 1. The van der Waals surface area contributed by atoms with E-state index in [-0.39, 0.29) is 18.3 Å². The molecule has 1 saturated carbocycles. The Morgan fingerprint density at radius 3 is 2.45 bits per heavy atom. The number of sulfonamides is 1. The van der Waals surface area contributed by atoms with E-state index in [0.29, 0.717) is 27.9 Å². The van der Waals surface area contributed by atoms with Gasteiger partial charge in [0.1, 0.15) is 5.75 Å². The quantitative estimate of drug-likeness (QED) is 0.679. The van der Waals surface area contributed by atoms with E-state index in [1.54, 1.807) is 30.3 Å². The van der Waals surface area contributed by atoms with Crippen molar-refractivity contribution in [2.75, 3.05) is 11.9 Å². The number of amides is 1. The van der Waals surface area contributed by atoms with Crippen molar-refractivity contribution in [2.45, 2.75) is 43.8 Å². The first kappa shape index (κ1) is 21.6. The van der Waals surface area contributed by atoms with Gasteiger partial charge in [-0.15, -0.1) is 0 Å². The maximum absolute atomic E-state index is 12.3. The lowest BCUT2D eigenvalue weighted by Gasteiger charge is -2.24. The number of ether oxygens (including phenoxy) is 1. The van der Waals surface area contributed by atoms with Crippen molar-refractivity contribution >= 4 is 33.2 Å². The van der Waals surface area contributed by atoms with Crippen LogP contribution < -0.4 is 15.2 Å². The molecule has 6 nitrogen and oxygen atoms in total. The summed E-state index contributed by atoms with van der Waals surface area (Å²) in [6, 6.07) is 12.0. The Hall–Kier alpha value is -2.09. The lowest BCUT2D eigenvalue weighted by molar-refractivity contribution is -0.118. The van der Waals surface area contributed by atoms with Crippen LogP contribution in [0.2, 0.25) is 5.02 Å². The van der Waals surface area contributed by atoms with Gasteiger partial charge in [0.2, 0.25) is 10.0 Å². The van der Waals surface area contributed by atoms with Gasteiger partial charge in [0.15, 0.2) is 6.61 Å². The normalized spacial score (nSPS) is 15.1. The van der Waals surface area contributed by atoms with Crippen LogP contribution in [0, 0.1) is 0 Å². The molecule has 0 radical (unpaired) electrons. The molecule has 0 heterocycles. The van der Waals surface area contributed by atoms with Gasteiger partial charge < -0.3 is 10.1 Å². The minimum atomic E-state index is -3.59. The molecule has 29 heavy (non-hydrogen) atoms. The number of anilines is 1. The average Bonchev–Trinajstić information content (AvgIpc) is 2.68. The molecule has 3 N–H and O–H groups in total. The summed E-state index contributed by atoms with van der Waals surface area (Å²) in [6.45, 7) is -0.125. The fourth-order valence-electron chi connectivity index (χ4n) is 3.64. The zero-order valence-electron chi connectivity index (χ0n) is 16.1. The number of carbonyl (C=O) groups is 1. The Balaban J connectivity index is 1.59. The van der Waals surface area contributed by atoms with Gasteiger partial charge in [-0.2, -0.15) is 0 Å². The van der Waals surface area contributed by atoms with Crippen LogP contribution in [0.4, 0.5) is 5.69 Å². The molecule has 0 aromatic heterocycles. The highest BCUT2D eigenvalue weighted by Crippen LogP contribution is 2.38. The van der Waals surface area contributed by atoms with Gasteiger partial charge >= 0.3 is 0 Å². The van der Waals surface area contributed by atoms with E-state index in [2.05, 4.69) is 5.32 Å². The predicted molar refractivity (Wildman–Crippen MR) is 115 cm³/mol. The second kappa shape index (κ2) is 9.61. The SMILES string of the molecule is NS(=O)(=O)Cc1ccc(NC(=O)COc2ccc(Cl)cc2C2CCCCC2)cc1. The summed E-state index contributed by atoms with van der Waals surface area (Å²) in [7, 11) is -3.59. The van der Waals surface area contributed by atoms with Gasteiger partial charge in [-0.1, -0.05) is 43.0 Å². The van der Waals surface area contributed by atoms with E-state index in [9.17, 15) is 13.2 Å². The fourth-order valence-corrected chi connectivity index (χ4v) is 4.48. The summed E-state index contributed by atoms with van der Waals surface area (Å²) in [5.74, 6) is 0.561. The minimum Gasteiger partial charge on any atom is -0.483 e. The fraction of sp³-hybridized carbons (Fsp3) is 0.381. The molecule has 2 aromatic carbocycles. The lowest BCUT2D eigenvalue weighted by atomic mass is 9.84. The molecule has 1 fully saturated rings. The predicted octanol–water partition coefficient (Wildman–Crippen LogP) is 4.19. The molecular formula is C21H25ClN2O4S. The summed E-state index contributed by atoms with van der Waals surface area (Å²) < 4.78 is 28.1. The maximum atomic E-state index is 12.3.